The van der Waals surface area contributed by atoms with Crippen LogP contribution in [-0.2, 0) is 15.5 Å². The summed E-state index contributed by atoms with van der Waals surface area (Å²) in [5, 5.41) is 22.2. The molecule has 0 radical (unpaired) electrons. The van der Waals surface area contributed by atoms with Gasteiger partial charge in [-0.05, 0) is 52.8 Å². The molecular formula is C37H36O5S. The zero-order valence-electron chi connectivity index (χ0n) is 24.5. The van der Waals surface area contributed by atoms with Gasteiger partial charge < -0.3 is 10.2 Å². The molecule has 0 bridgehead atoms. The van der Waals surface area contributed by atoms with Crippen LogP contribution in [-0.4, -0.2) is 23.2 Å². The van der Waals surface area contributed by atoms with Crippen molar-refractivity contribution in [1.82, 2.24) is 0 Å². The van der Waals surface area contributed by atoms with Crippen LogP contribution in [0.15, 0.2) is 126 Å². The van der Waals surface area contributed by atoms with Gasteiger partial charge in [0.05, 0.1) is 0 Å². The number of phenolic OH excluding ortho intramolecular Hbond substituents is 2. The van der Waals surface area contributed by atoms with Crippen LogP contribution in [0.5, 0.6) is 11.5 Å². The fourth-order valence-corrected chi connectivity index (χ4v) is 6.63. The second-order valence-electron chi connectivity index (χ2n) is 11.6. The molecule has 0 spiro atoms. The molecular weight excluding hydrogens is 556 g/mol. The van der Waals surface area contributed by atoms with E-state index in [0.717, 1.165) is 22.8 Å². The molecule has 5 nitrogen and oxygen atoms in total. The Kier molecular flexibility index (Phi) is 8.45. The van der Waals surface area contributed by atoms with Gasteiger partial charge in [-0.2, -0.15) is 8.42 Å². The molecule has 3 N–H and O–H groups in total. The van der Waals surface area contributed by atoms with Gasteiger partial charge in [0.15, 0.2) is 0 Å². The third-order valence-corrected chi connectivity index (χ3v) is 9.31. The molecule has 5 rings (SSSR count). The standard InChI is InChI=1S/C37H36O5S/c1-25(26-13-7-4-8-14-26)21-30(27-15-9-5-10-16-27)32-23-31(36(24-35(32)39)43(40,41)42)28-19-20-34(38)33(22-28)37(2,3)29-17-11-6-12-18-29/h4-20,22-25,30,38-39H,21H2,1-3H3,(H,40,41,42). The van der Waals surface area contributed by atoms with Crippen LogP contribution >= 0.6 is 0 Å². The molecule has 0 heterocycles. The first kappa shape index (κ1) is 30.1. The van der Waals surface area contributed by atoms with E-state index in [2.05, 4.69) is 19.1 Å². The van der Waals surface area contributed by atoms with Crippen LogP contribution in [0, 0.1) is 0 Å². The Morgan fingerprint density at radius 3 is 1.84 bits per heavy atom. The Hall–Kier alpha value is -4.39. The molecule has 220 valence electrons. The van der Waals surface area contributed by atoms with Crippen molar-refractivity contribution in [2.24, 2.45) is 0 Å². The largest absolute Gasteiger partial charge is 0.508 e. The van der Waals surface area contributed by atoms with Gasteiger partial charge in [-0.3, -0.25) is 4.55 Å². The maximum Gasteiger partial charge on any atom is 0.295 e. The third-order valence-electron chi connectivity index (χ3n) is 8.42. The molecule has 5 aromatic carbocycles. The maximum absolute atomic E-state index is 12.7. The lowest BCUT2D eigenvalue weighted by Crippen LogP contribution is -2.19. The van der Waals surface area contributed by atoms with Crippen molar-refractivity contribution >= 4 is 10.1 Å². The zero-order chi connectivity index (χ0) is 30.8. The van der Waals surface area contributed by atoms with Crippen LogP contribution in [0.4, 0.5) is 0 Å². The topological polar surface area (TPSA) is 94.8 Å². The Balaban J connectivity index is 1.69. The Morgan fingerprint density at radius 2 is 1.26 bits per heavy atom. The molecule has 0 saturated carbocycles. The molecule has 0 aliphatic heterocycles. The summed E-state index contributed by atoms with van der Waals surface area (Å²) in [6, 6.07) is 37.4. The average Bonchev–Trinajstić information content (AvgIpc) is 3.01. The van der Waals surface area contributed by atoms with Crippen LogP contribution in [0.2, 0.25) is 0 Å². The highest BCUT2D eigenvalue weighted by molar-refractivity contribution is 7.86. The normalized spacial score (nSPS) is 13.4. The van der Waals surface area contributed by atoms with Crippen molar-refractivity contribution < 1.29 is 23.2 Å². The molecule has 0 saturated heterocycles. The Morgan fingerprint density at radius 1 is 0.698 bits per heavy atom. The first-order chi connectivity index (χ1) is 20.5. The molecule has 0 aromatic heterocycles. The molecule has 2 unspecified atom stereocenters. The molecule has 6 heteroatoms. The summed E-state index contributed by atoms with van der Waals surface area (Å²) in [5.74, 6) is -0.289. The number of phenols is 2. The van der Waals surface area contributed by atoms with Gasteiger partial charge >= 0.3 is 0 Å². The highest BCUT2D eigenvalue weighted by Gasteiger charge is 2.29. The highest BCUT2D eigenvalue weighted by Crippen LogP contribution is 2.45. The summed E-state index contributed by atoms with van der Waals surface area (Å²) in [6.07, 6.45) is 0.647. The van der Waals surface area contributed by atoms with E-state index in [0.29, 0.717) is 23.1 Å². The van der Waals surface area contributed by atoms with E-state index in [4.69, 9.17) is 0 Å². The smallest absolute Gasteiger partial charge is 0.295 e. The van der Waals surface area contributed by atoms with Crippen molar-refractivity contribution in [2.75, 3.05) is 0 Å². The van der Waals surface area contributed by atoms with E-state index in [9.17, 15) is 23.2 Å². The molecule has 5 aromatic rings. The molecule has 2 atom stereocenters. The summed E-state index contributed by atoms with van der Waals surface area (Å²) in [7, 11) is -4.71. The van der Waals surface area contributed by atoms with Crippen LogP contribution < -0.4 is 0 Å². The summed E-state index contributed by atoms with van der Waals surface area (Å²) in [6.45, 7) is 6.11. The Bertz CT molecular complexity index is 1820. The Labute approximate surface area is 253 Å². The van der Waals surface area contributed by atoms with Gasteiger partial charge in [0, 0.05) is 34.1 Å². The molecule has 43 heavy (non-hydrogen) atoms. The van der Waals surface area contributed by atoms with Gasteiger partial charge in [0.2, 0.25) is 0 Å². The fourth-order valence-electron chi connectivity index (χ4n) is 5.92. The van der Waals surface area contributed by atoms with Gasteiger partial charge in [-0.15, -0.1) is 0 Å². The lowest BCUT2D eigenvalue weighted by atomic mass is 9.76. The quantitative estimate of drug-likeness (QED) is 0.149. The minimum atomic E-state index is -4.71. The molecule has 0 aliphatic carbocycles. The van der Waals surface area contributed by atoms with E-state index in [1.165, 1.54) is 0 Å². The summed E-state index contributed by atoms with van der Waals surface area (Å²) in [4.78, 5) is -0.397. The van der Waals surface area contributed by atoms with Crippen molar-refractivity contribution in [3.05, 3.63) is 149 Å². The van der Waals surface area contributed by atoms with E-state index in [1.54, 1.807) is 24.3 Å². The van der Waals surface area contributed by atoms with Crippen molar-refractivity contribution in [3.8, 4) is 22.6 Å². The predicted octanol–water partition coefficient (Wildman–Crippen LogP) is 8.66. The monoisotopic (exact) mass is 592 g/mol. The van der Waals surface area contributed by atoms with Gasteiger partial charge in [0.1, 0.15) is 16.4 Å². The minimum absolute atomic E-state index is 0.0730. The predicted molar refractivity (Wildman–Crippen MR) is 171 cm³/mol. The molecule has 0 amide bonds. The highest BCUT2D eigenvalue weighted by atomic mass is 32.2. The number of rotatable bonds is 9. The summed E-state index contributed by atoms with van der Waals surface area (Å²) >= 11 is 0. The second-order valence-corrected chi connectivity index (χ2v) is 13.0. The lowest BCUT2D eigenvalue weighted by Gasteiger charge is -2.28. The van der Waals surface area contributed by atoms with E-state index < -0.39 is 20.4 Å². The van der Waals surface area contributed by atoms with Gasteiger partial charge in [-0.1, -0.05) is 118 Å². The first-order valence-electron chi connectivity index (χ1n) is 14.3. The third kappa shape index (κ3) is 6.36. The fraction of sp³-hybridized carbons (Fsp3) is 0.189. The maximum atomic E-state index is 12.7. The van der Waals surface area contributed by atoms with Crippen molar-refractivity contribution in [1.29, 1.82) is 0 Å². The second kappa shape index (κ2) is 12.1. The SMILES string of the molecule is CC(CC(c1ccccc1)c1cc(-c2ccc(O)c(C(C)(C)c3ccccc3)c2)c(S(=O)(=O)O)cc1O)c1ccccc1. The van der Waals surface area contributed by atoms with Crippen molar-refractivity contribution in [3.63, 3.8) is 0 Å². The zero-order valence-corrected chi connectivity index (χ0v) is 25.3. The molecule has 0 aliphatic rings. The van der Waals surface area contributed by atoms with E-state index >= 15 is 0 Å². The summed E-state index contributed by atoms with van der Waals surface area (Å²) in [5.41, 5.74) is 4.38. The minimum Gasteiger partial charge on any atom is -0.508 e. The van der Waals surface area contributed by atoms with E-state index in [-0.39, 0.29) is 28.9 Å². The number of aromatic hydroxyl groups is 2. The number of hydrogen-bond acceptors (Lipinski definition) is 4. The van der Waals surface area contributed by atoms with Crippen LogP contribution in [0.25, 0.3) is 11.1 Å². The van der Waals surface area contributed by atoms with Crippen molar-refractivity contribution in [2.45, 2.75) is 49.3 Å². The van der Waals surface area contributed by atoms with Gasteiger partial charge in [-0.25, -0.2) is 0 Å². The van der Waals surface area contributed by atoms with Crippen LogP contribution in [0.3, 0.4) is 0 Å². The number of benzene rings is 5. The lowest BCUT2D eigenvalue weighted by molar-refractivity contribution is 0.453. The van der Waals surface area contributed by atoms with E-state index in [1.807, 2.05) is 92.7 Å². The average molecular weight is 593 g/mol. The first-order valence-corrected chi connectivity index (χ1v) is 15.7. The summed E-state index contributed by atoms with van der Waals surface area (Å²) < 4.78 is 35.6. The number of hydrogen-bond donors (Lipinski definition) is 3. The molecule has 0 fully saturated rings. The van der Waals surface area contributed by atoms with Gasteiger partial charge in [0.25, 0.3) is 10.1 Å². The van der Waals surface area contributed by atoms with Crippen LogP contribution in [0.1, 0.15) is 66.8 Å².